The van der Waals surface area contributed by atoms with Crippen molar-refractivity contribution in [2.75, 3.05) is 13.7 Å². The Bertz CT molecular complexity index is 517. The predicted octanol–water partition coefficient (Wildman–Crippen LogP) is 1.76. The number of carbonyl (C=O) groups excluding carboxylic acids is 1. The molecule has 3 rings (SSSR count). The lowest BCUT2D eigenvalue weighted by Crippen LogP contribution is -2.49. The molecule has 114 valence electrons. The van der Waals surface area contributed by atoms with Crippen LogP contribution in [0.3, 0.4) is 0 Å². The molecule has 1 aliphatic heterocycles. The molecule has 1 saturated carbocycles. The zero-order valence-corrected chi connectivity index (χ0v) is 12.1. The quantitative estimate of drug-likeness (QED) is 0.889. The van der Waals surface area contributed by atoms with Gasteiger partial charge < -0.3 is 15.4 Å². The Kier molecular flexibility index (Phi) is 4.10. The van der Waals surface area contributed by atoms with Crippen LogP contribution in [0.2, 0.25) is 0 Å². The Labute approximate surface area is 124 Å². The zero-order valence-electron chi connectivity index (χ0n) is 12.1. The van der Waals surface area contributed by atoms with E-state index in [9.17, 15) is 9.18 Å². The molecule has 0 radical (unpaired) electrons. The van der Waals surface area contributed by atoms with E-state index in [4.69, 9.17) is 4.74 Å². The second-order valence-electron chi connectivity index (χ2n) is 5.91. The van der Waals surface area contributed by atoms with Crippen LogP contribution in [0.25, 0.3) is 0 Å². The molecule has 2 fully saturated rings. The second kappa shape index (κ2) is 6.02. The summed E-state index contributed by atoms with van der Waals surface area (Å²) in [5, 5.41) is 5.92. The van der Waals surface area contributed by atoms with E-state index in [0.29, 0.717) is 5.92 Å². The molecular weight excluding hydrogens is 271 g/mol. The molecule has 1 heterocycles. The summed E-state index contributed by atoms with van der Waals surface area (Å²) in [5.74, 6) is 1.26. The number of amides is 1. The monoisotopic (exact) mass is 292 g/mol. The highest BCUT2D eigenvalue weighted by molar-refractivity contribution is 5.82. The lowest BCUT2D eigenvalue weighted by molar-refractivity contribution is -0.124. The van der Waals surface area contributed by atoms with E-state index in [-0.39, 0.29) is 31.0 Å². The van der Waals surface area contributed by atoms with Crippen LogP contribution in [0.15, 0.2) is 24.3 Å². The maximum atomic E-state index is 13.1. The topological polar surface area (TPSA) is 50.4 Å². The van der Waals surface area contributed by atoms with Crippen LogP contribution in [-0.2, 0) is 4.79 Å². The molecule has 0 aromatic heterocycles. The third-order valence-corrected chi connectivity index (χ3v) is 4.46. The minimum absolute atomic E-state index is 0.0707. The van der Waals surface area contributed by atoms with Crippen molar-refractivity contribution in [1.82, 2.24) is 10.6 Å². The average molecular weight is 292 g/mol. The van der Waals surface area contributed by atoms with E-state index in [1.807, 2.05) is 18.2 Å². The summed E-state index contributed by atoms with van der Waals surface area (Å²) < 4.78 is 18.5. The summed E-state index contributed by atoms with van der Waals surface area (Å²) in [6, 6.07) is 7.82. The number of benzene rings is 1. The Hall–Kier alpha value is -1.62. The number of methoxy groups -OCH3 is 1. The molecule has 1 amide bonds. The van der Waals surface area contributed by atoms with Crippen LogP contribution in [0.1, 0.15) is 30.7 Å². The molecule has 1 saturated heterocycles. The van der Waals surface area contributed by atoms with Gasteiger partial charge in [-0.25, -0.2) is 4.39 Å². The molecule has 1 aliphatic carbocycles. The molecule has 0 spiro atoms. The summed E-state index contributed by atoms with van der Waals surface area (Å²) >= 11 is 0. The van der Waals surface area contributed by atoms with Gasteiger partial charge in [0.15, 0.2) is 0 Å². The van der Waals surface area contributed by atoms with Gasteiger partial charge in [-0.05, 0) is 30.4 Å². The lowest BCUT2D eigenvalue weighted by Gasteiger charge is -2.37. The fourth-order valence-electron chi connectivity index (χ4n) is 3.19. The predicted molar refractivity (Wildman–Crippen MR) is 78.2 cm³/mol. The van der Waals surface area contributed by atoms with Gasteiger partial charge in [-0.3, -0.25) is 4.79 Å². The maximum absolute atomic E-state index is 13.1. The number of para-hydroxylation sites is 1. The number of nitrogens with one attached hydrogen (secondary N) is 2. The lowest BCUT2D eigenvalue weighted by atomic mass is 9.75. The zero-order chi connectivity index (χ0) is 14.8. The van der Waals surface area contributed by atoms with Gasteiger partial charge in [0.25, 0.3) is 0 Å². The molecule has 21 heavy (non-hydrogen) atoms. The third-order valence-electron chi connectivity index (χ3n) is 4.46. The van der Waals surface area contributed by atoms with E-state index >= 15 is 0 Å². The van der Waals surface area contributed by atoms with Gasteiger partial charge in [0.1, 0.15) is 11.9 Å². The Morgan fingerprint density at radius 3 is 2.76 bits per heavy atom. The van der Waals surface area contributed by atoms with E-state index in [0.717, 1.165) is 18.6 Å². The fraction of sp³-hybridized carbons (Fsp3) is 0.562. The summed E-state index contributed by atoms with van der Waals surface area (Å²) in [5.41, 5.74) is 1.20. The number of ether oxygens (including phenoxy) is 1. The van der Waals surface area contributed by atoms with Gasteiger partial charge in [-0.2, -0.15) is 0 Å². The molecular formula is C16H21FN2O2. The van der Waals surface area contributed by atoms with E-state index in [1.165, 1.54) is 5.56 Å². The number of hydrogen-bond acceptors (Lipinski definition) is 3. The van der Waals surface area contributed by atoms with E-state index < -0.39 is 6.17 Å². The van der Waals surface area contributed by atoms with Crippen molar-refractivity contribution in [2.45, 2.75) is 43.4 Å². The first kappa shape index (κ1) is 14.3. The van der Waals surface area contributed by atoms with E-state index in [1.54, 1.807) is 7.11 Å². The SMILES string of the molecule is COc1ccccc1C1CC(NC(=O)[C@@H]2C[C@H](F)CN2)C1. The van der Waals surface area contributed by atoms with Gasteiger partial charge in [0.2, 0.25) is 5.91 Å². The highest BCUT2D eigenvalue weighted by Crippen LogP contribution is 2.40. The molecule has 1 aromatic rings. The van der Waals surface area contributed by atoms with Gasteiger partial charge in [-0.1, -0.05) is 18.2 Å². The molecule has 4 nitrogen and oxygen atoms in total. The average Bonchev–Trinajstić information content (AvgIpc) is 2.89. The van der Waals surface area contributed by atoms with Crippen molar-refractivity contribution in [3.05, 3.63) is 29.8 Å². The van der Waals surface area contributed by atoms with Crippen LogP contribution < -0.4 is 15.4 Å². The highest BCUT2D eigenvalue weighted by atomic mass is 19.1. The van der Waals surface area contributed by atoms with Crippen molar-refractivity contribution in [2.24, 2.45) is 0 Å². The first-order valence-electron chi connectivity index (χ1n) is 7.48. The minimum atomic E-state index is -0.900. The fourth-order valence-corrected chi connectivity index (χ4v) is 3.19. The summed E-state index contributed by atoms with van der Waals surface area (Å²) in [7, 11) is 1.68. The van der Waals surface area contributed by atoms with Crippen molar-refractivity contribution in [3.63, 3.8) is 0 Å². The number of rotatable bonds is 4. The summed E-state index contributed by atoms with van der Waals surface area (Å²) in [6.07, 6.45) is 1.22. The summed E-state index contributed by atoms with van der Waals surface area (Å²) in [4.78, 5) is 12.0. The van der Waals surface area contributed by atoms with Crippen molar-refractivity contribution >= 4 is 5.91 Å². The van der Waals surface area contributed by atoms with Crippen LogP contribution in [-0.4, -0.2) is 37.8 Å². The largest absolute Gasteiger partial charge is 0.496 e. The molecule has 2 aliphatic rings. The molecule has 2 atom stereocenters. The number of carbonyl (C=O) groups is 1. The summed E-state index contributed by atoms with van der Waals surface area (Å²) in [6.45, 7) is 0.284. The normalized spacial score (nSPS) is 31.5. The minimum Gasteiger partial charge on any atom is -0.496 e. The standard InChI is InChI=1S/C16H21FN2O2/c1-21-15-5-3-2-4-13(15)10-6-12(7-10)19-16(20)14-8-11(17)9-18-14/h2-5,10-12,14,18H,6-9H2,1H3,(H,19,20)/t10?,11-,12?,14-/m0/s1. The van der Waals surface area contributed by atoms with Gasteiger partial charge in [0, 0.05) is 19.0 Å². The van der Waals surface area contributed by atoms with Crippen molar-refractivity contribution in [1.29, 1.82) is 0 Å². The molecule has 0 unspecified atom stereocenters. The highest BCUT2D eigenvalue weighted by Gasteiger charge is 2.36. The Morgan fingerprint density at radius 1 is 1.33 bits per heavy atom. The van der Waals surface area contributed by atoms with Gasteiger partial charge >= 0.3 is 0 Å². The third kappa shape index (κ3) is 3.02. The van der Waals surface area contributed by atoms with Crippen molar-refractivity contribution < 1.29 is 13.9 Å². The van der Waals surface area contributed by atoms with Gasteiger partial charge in [-0.15, -0.1) is 0 Å². The number of hydrogen-bond donors (Lipinski definition) is 2. The molecule has 5 heteroatoms. The van der Waals surface area contributed by atoms with E-state index in [2.05, 4.69) is 16.7 Å². The maximum Gasteiger partial charge on any atom is 0.237 e. The molecule has 1 aromatic carbocycles. The number of alkyl halides is 1. The number of halogens is 1. The van der Waals surface area contributed by atoms with Crippen LogP contribution in [0, 0.1) is 0 Å². The van der Waals surface area contributed by atoms with Crippen LogP contribution in [0.4, 0.5) is 4.39 Å². The first-order chi connectivity index (χ1) is 10.2. The Morgan fingerprint density at radius 2 is 2.10 bits per heavy atom. The smallest absolute Gasteiger partial charge is 0.237 e. The van der Waals surface area contributed by atoms with Crippen molar-refractivity contribution in [3.8, 4) is 5.75 Å². The first-order valence-corrected chi connectivity index (χ1v) is 7.48. The van der Waals surface area contributed by atoms with Crippen LogP contribution in [0.5, 0.6) is 5.75 Å². The molecule has 2 N–H and O–H groups in total. The Balaban J connectivity index is 1.51. The van der Waals surface area contributed by atoms with Crippen LogP contribution >= 0.6 is 0 Å². The van der Waals surface area contributed by atoms with Gasteiger partial charge in [0.05, 0.1) is 13.2 Å². The second-order valence-corrected chi connectivity index (χ2v) is 5.91. The molecule has 0 bridgehead atoms.